The third-order valence-electron chi connectivity index (χ3n) is 13.3. The summed E-state index contributed by atoms with van der Waals surface area (Å²) in [5, 5.41) is 5.98. The molecule has 4 aliphatic rings. The summed E-state index contributed by atoms with van der Waals surface area (Å²) in [5.41, 5.74) is 16.4. The van der Waals surface area contributed by atoms with Gasteiger partial charge in [0.25, 0.3) is 0 Å². The van der Waals surface area contributed by atoms with E-state index in [0.29, 0.717) is 0 Å². The molecule has 0 N–H and O–H groups in total. The summed E-state index contributed by atoms with van der Waals surface area (Å²) in [6.07, 6.45) is 0. The lowest BCUT2D eigenvalue weighted by Gasteiger charge is -2.49. The van der Waals surface area contributed by atoms with Gasteiger partial charge < -0.3 is 4.90 Å². The second-order valence-electron chi connectivity index (χ2n) is 15.9. The topological polar surface area (TPSA) is 3.24 Å². The van der Waals surface area contributed by atoms with Crippen molar-refractivity contribution < 1.29 is 0 Å². The molecule has 0 fully saturated rings. The maximum absolute atomic E-state index is 2.63. The van der Waals surface area contributed by atoms with Crippen molar-refractivity contribution in [3.05, 3.63) is 235 Å². The van der Waals surface area contributed by atoms with Gasteiger partial charge in [-0.1, -0.05) is 194 Å². The van der Waals surface area contributed by atoms with Gasteiger partial charge in [-0.25, -0.2) is 0 Å². The van der Waals surface area contributed by atoms with Crippen LogP contribution < -0.4 is 25.6 Å². The Bertz CT molecular complexity index is 3070. The molecule has 4 aliphatic heterocycles. The average Bonchev–Trinajstić information content (AvgIpc) is 3.76. The highest BCUT2D eigenvalue weighted by atomic mass is 32.2. The van der Waals surface area contributed by atoms with Crippen molar-refractivity contribution in [3.8, 4) is 33.4 Å². The minimum absolute atomic E-state index is 0.530. The molecule has 0 radical (unpaired) electrons. The van der Waals surface area contributed by atoms with Crippen molar-refractivity contribution >= 4 is 57.6 Å². The highest BCUT2D eigenvalue weighted by molar-refractivity contribution is 7.99. The number of hydrogen-bond acceptors (Lipinski definition) is 2. The fourth-order valence-corrected chi connectivity index (χ4v) is 18.2. The van der Waals surface area contributed by atoms with E-state index in [-0.39, 0.29) is 0 Å². The van der Waals surface area contributed by atoms with Gasteiger partial charge in [0, 0.05) is 15.5 Å². The van der Waals surface area contributed by atoms with E-state index < -0.39 is 13.5 Å². The number of para-hydroxylation sites is 2. The zero-order valence-electron chi connectivity index (χ0n) is 31.6. The fourth-order valence-electron chi connectivity index (χ4n) is 11.2. The predicted molar refractivity (Wildman–Crippen MR) is 244 cm³/mol. The van der Waals surface area contributed by atoms with Crippen molar-refractivity contribution in [2.75, 3.05) is 4.90 Å². The zero-order valence-corrected chi connectivity index (χ0v) is 33.4. The van der Waals surface area contributed by atoms with Crippen LogP contribution in [0.25, 0.3) is 33.4 Å². The van der Waals surface area contributed by atoms with Crippen molar-refractivity contribution in [2.45, 2.75) is 15.2 Å². The summed E-state index contributed by atoms with van der Waals surface area (Å²) >= 11 is 1.92. The monoisotopic (exact) mass is 769 g/mol. The standard InChI is InChI=1S/C55H35NSSi/c1-2-17-36(18-3-1)38-22-16-26-46-54(38)57-49-29-12-9-25-45(49)55(46)43-23-7-10-27-47(43)56(48-28-11-8-24-44(48)55)37-33-34-42-41-21-6-15-32-52(41)58(53(42)35-37)50-30-13-4-19-39(50)40-20-5-14-31-51(40)58/h1-35H. The highest BCUT2D eigenvalue weighted by Gasteiger charge is 2.55. The summed E-state index contributed by atoms with van der Waals surface area (Å²) in [7, 11) is -2.63. The minimum atomic E-state index is -2.63. The van der Waals surface area contributed by atoms with Gasteiger partial charge in [-0.2, -0.15) is 0 Å². The summed E-state index contributed by atoms with van der Waals surface area (Å²) in [6, 6.07) is 80.5. The number of rotatable bonds is 2. The van der Waals surface area contributed by atoms with Gasteiger partial charge in [0.1, 0.15) is 0 Å². The first-order valence-electron chi connectivity index (χ1n) is 20.2. The lowest BCUT2D eigenvalue weighted by atomic mass is 9.62. The van der Waals surface area contributed by atoms with Gasteiger partial charge in [0.15, 0.2) is 8.07 Å². The van der Waals surface area contributed by atoms with Crippen molar-refractivity contribution in [1.29, 1.82) is 0 Å². The molecule has 0 saturated carbocycles. The molecule has 0 saturated heterocycles. The zero-order chi connectivity index (χ0) is 38.0. The van der Waals surface area contributed by atoms with Gasteiger partial charge in [-0.3, -0.25) is 0 Å². The van der Waals surface area contributed by atoms with E-state index in [1.54, 1.807) is 0 Å². The first kappa shape index (κ1) is 32.4. The number of hydrogen-bond donors (Lipinski definition) is 0. The van der Waals surface area contributed by atoms with E-state index in [2.05, 4.69) is 217 Å². The molecule has 0 aliphatic carbocycles. The van der Waals surface area contributed by atoms with Crippen LogP contribution in [0.2, 0.25) is 0 Å². The van der Waals surface area contributed by atoms with E-state index in [4.69, 9.17) is 0 Å². The molecule has 0 bridgehead atoms. The van der Waals surface area contributed by atoms with Gasteiger partial charge in [0.05, 0.1) is 16.8 Å². The van der Waals surface area contributed by atoms with Crippen LogP contribution in [-0.4, -0.2) is 8.07 Å². The molecule has 1 nitrogen and oxygen atoms in total. The molecule has 4 heterocycles. The van der Waals surface area contributed by atoms with Crippen LogP contribution in [0.5, 0.6) is 0 Å². The van der Waals surface area contributed by atoms with Crippen LogP contribution >= 0.6 is 11.8 Å². The first-order chi connectivity index (χ1) is 28.8. The van der Waals surface area contributed by atoms with Gasteiger partial charge in [0.2, 0.25) is 0 Å². The van der Waals surface area contributed by atoms with E-state index in [1.165, 1.54) is 103 Å². The Labute approximate surface area is 343 Å². The SMILES string of the molecule is c1ccc(-c2cccc3c2Sc2ccccc2C32c3ccccc3N(c3ccc4c(c3)[Si]3(c5ccccc5-c5ccccc53)c3ccccc3-4)c3ccccc32)cc1. The van der Waals surface area contributed by atoms with Crippen LogP contribution in [0.4, 0.5) is 17.1 Å². The molecular weight excluding hydrogens is 735 g/mol. The van der Waals surface area contributed by atoms with Gasteiger partial charge in [-0.15, -0.1) is 0 Å². The number of fused-ring (bicyclic) bond motifs is 18. The normalized spacial score (nSPS) is 15.1. The smallest absolute Gasteiger partial charge is 0.182 e. The molecule has 58 heavy (non-hydrogen) atoms. The summed E-state index contributed by atoms with van der Waals surface area (Å²) in [6.45, 7) is 0. The van der Waals surface area contributed by atoms with Crippen LogP contribution in [0, 0.1) is 0 Å². The Morgan fingerprint density at radius 1 is 0.362 bits per heavy atom. The van der Waals surface area contributed by atoms with E-state index in [0.717, 1.165) is 0 Å². The Balaban J connectivity index is 1.10. The summed E-state index contributed by atoms with van der Waals surface area (Å²) in [4.78, 5) is 5.20. The predicted octanol–water partition coefficient (Wildman–Crippen LogP) is 11.3. The lowest BCUT2D eigenvalue weighted by Crippen LogP contribution is -2.70. The molecule has 270 valence electrons. The van der Waals surface area contributed by atoms with Gasteiger partial charge in [-0.05, 0) is 107 Å². The molecule has 0 atom stereocenters. The average molecular weight is 770 g/mol. The van der Waals surface area contributed by atoms with Gasteiger partial charge >= 0.3 is 0 Å². The molecule has 3 heteroatoms. The Morgan fingerprint density at radius 2 is 0.845 bits per heavy atom. The van der Waals surface area contributed by atoms with E-state index in [1.807, 2.05) is 11.8 Å². The number of nitrogens with zero attached hydrogens (tertiary/aromatic N) is 1. The molecule has 9 aromatic carbocycles. The quantitative estimate of drug-likeness (QED) is 0.161. The number of benzene rings is 9. The first-order valence-corrected chi connectivity index (χ1v) is 23.0. The van der Waals surface area contributed by atoms with Crippen molar-refractivity contribution in [2.24, 2.45) is 0 Å². The maximum atomic E-state index is 2.58. The van der Waals surface area contributed by atoms with Crippen LogP contribution in [0.15, 0.2) is 222 Å². The highest BCUT2D eigenvalue weighted by Crippen LogP contribution is 2.63. The molecule has 2 spiro atoms. The molecule has 0 unspecified atom stereocenters. The van der Waals surface area contributed by atoms with Crippen LogP contribution in [0.3, 0.4) is 0 Å². The molecule has 0 amide bonds. The molecule has 9 aromatic rings. The van der Waals surface area contributed by atoms with Crippen LogP contribution in [0.1, 0.15) is 22.3 Å². The minimum Gasteiger partial charge on any atom is -0.310 e. The molecule has 13 rings (SSSR count). The summed E-state index contributed by atoms with van der Waals surface area (Å²) < 4.78 is 0. The largest absolute Gasteiger partial charge is 0.310 e. The number of anilines is 3. The summed E-state index contributed by atoms with van der Waals surface area (Å²) in [5.74, 6) is 0. The Morgan fingerprint density at radius 3 is 1.48 bits per heavy atom. The van der Waals surface area contributed by atoms with E-state index in [9.17, 15) is 0 Å². The Hall–Kier alpha value is -6.65. The van der Waals surface area contributed by atoms with Crippen molar-refractivity contribution in [1.82, 2.24) is 0 Å². The second-order valence-corrected chi connectivity index (χ2v) is 20.6. The third-order valence-corrected chi connectivity index (χ3v) is 19.5. The maximum Gasteiger partial charge on any atom is 0.182 e. The second kappa shape index (κ2) is 11.9. The fraction of sp³-hybridized carbons (Fsp3) is 0.0182. The molecule has 0 aromatic heterocycles. The third kappa shape index (κ3) is 3.97. The van der Waals surface area contributed by atoms with E-state index >= 15 is 0 Å². The van der Waals surface area contributed by atoms with Crippen molar-refractivity contribution in [3.63, 3.8) is 0 Å². The lowest BCUT2D eigenvalue weighted by molar-refractivity contribution is 0.693. The molecular formula is C55H35NSSi. The Kier molecular flexibility index (Phi) is 6.68. The van der Waals surface area contributed by atoms with Crippen LogP contribution in [-0.2, 0) is 5.41 Å².